The fraction of sp³-hybridized carbons (Fsp3) is 0.316. The Morgan fingerprint density at radius 2 is 2.04 bits per heavy atom. The molecule has 3 N–H and O–H groups in total. The number of hydrogen-bond acceptors (Lipinski definition) is 4. The molecule has 0 saturated carbocycles. The number of nitrogens with one attached hydrogen (secondary N) is 1. The second kappa shape index (κ2) is 7.79. The average molecular weight is 338 g/mol. The highest BCUT2D eigenvalue weighted by molar-refractivity contribution is 5.93. The second-order valence-corrected chi connectivity index (χ2v) is 6.28. The third-order valence-electron chi connectivity index (χ3n) is 4.50. The molecule has 0 aliphatic carbocycles. The van der Waals surface area contributed by atoms with E-state index in [1.54, 1.807) is 24.5 Å². The number of nitrogens with two attached hydrogens (primary N) is 1. The number of benzene rings is 1. The Bertz CT molecular complexity index is 731. The van der Waals surface area contributed by atoms with E-state index in [1.807, 2.05) is 24.3 Å². The maximum absolute atomic E-state index is 12.0. The van der Waals surface area contributed by atoms with Gasteiger partial charge in [0.2, 0.25) is 5.91 Å². The molecule has 3 rings (SSSR count). The zero-order valence-electron chi connectivity index (χ0n) is 14.0. The molecule has 1 saturated heterocycles. The summed E-state index contributed by atoms with van der Waals surface area (Å²) in [5, 5.41) is 2.88. The number of anilines is 1. The van der Waals surface area contributed by atoms with E-state index in [1.165, 1.54) is 0 Å². The molecule has 1 aromatic heterocycles. The van der Waals surface area contributed by atoms with Crippen LogP contribution in [0.3, 0.4) is 0 Å². The summed E-state index contributed by atoms with van der Waals surface area (Å²) in [4.78, 5) is 29.6. The first kappa shape index (κ1) is 17.0. The maximum Gasteiger partial charge on any atom is 0.253 e. The Morgan fingerprint density at radius 3 is 2.72 bits per heavy atom. The molecule has 2 aromatic rings. The van der Waals surface area contributed by atoms with Crippen LogP contribution in [0.4, 0.5) is 5.69 Å². The Kier molecular flexibility index (Phi) is 5.28. The van der Waals surface area contributed by atoms with Crippen LogP contribution in [0.1, 0.15) is 28.8 Å². The second-order valence-electron chi connectivity index (χ2n) is 6.28. The molecule has 1 aliphatic rings. The first-order valence-electron chi connectivity index (χ1n) is 8.45. The quantitative estimate of drug-likeness (QED) is 0.869. The number of carbonyl (C=O) groups excluding carboxylic acids is 2. The maximum atomic E-state index is 12.0. The van der Waals surface area contributed by atoms with Crippen LogP contribution < -0.4 is 16.0 Å². The van der Waals surface area contributed by atoms with E-state index in [0.29, 0.717) is 18.7 Å². The molecule has 0 radical (unpaired) electrons. The molecular weight excluding hydrogens is 316 g/mol. The summed E-state index contributed by atoms with van der Waals surface area (Å²) in [6.45, 7) is 2.06. The topological polar surface area (TPSA) is 88.3 Å². The van der Waals surface area contributed by atoms with E-state index in [-0.39, 0.29) is 17.7 Å². The lowest BCUT2D eigenvalue weighted by Gasteiger charge is -2.33. The minimum Gasteiger partial charge on any atom is -0.371 e. The predicted octanol–water partition coefficient (Wildman–Crippen LogP) is 1.71. The van der Waals surface area contributed by atoms with E-state index >= 15 is 0 Å². The minimum atomic E-state index is -0.223. The molecule has 6 heteroatoms. The van der Waals surface area contributed by atoms with Crippen LogP contribution in [0.2, 0.25) is 0 Å². The van der Waals surface area contributed by atoms with E-state index in [9.17, 15) is 9.59 Å². The molecule has 25 heavy (non-hydrogen) atoms. The van der Waals surface area contributed by atoms with Crippen molar-refractivity contribution in [1.82, 2.24) is 10.3 Å². The molecule has 0 bridgehead atoms. The lowest BCUT2D eigenvalue weighted by molar-refractivity contribution is -0.122. The van der Waals surface area contributed by atoms with Crippen LogP contribution in [0, 0.1) is 5.92 Å². The van der Waals surface area contributed by atoms with Crippen LogP contribution in [-0.2, 0) is 11.3 Å². The third-order valence-corrected chi connectivity index (χ3v) is 4.50. The number of amides is 2. The summed E-state index contributed by atoms with van der Waals surface area (Å²) >= 11 is 0. The number of primary amides is 1. The monoisotopic (exact) mass is 338 g/mol. The van der Waals surface area contributed by atoms with Crippen molar-refractivity contribution >= 4 is 17.5 Å². The number of nitrogens with zero attached hydrogens (tertiary/aromatic N) is 2. The van der Waals surface area contributed by atoms with Gasteiger partial charge < -0.3 is 16.0 Å². The van der Waals surface area contributed by atoms with E-state index in [4.69, 9.17) is 5.73 Å². The molecule has 0 spiro atoms. The summed E-state index contributed by atoms with van der Waals surface area (Å²) in [5.41, 5.74) is 8.08. The molecule has 2 heterocycles. The van der Waals surface area contributed by atoms with E-state index in [0.717, 1.165) is 30.6 Å². The number of carbonyl (C=O) groups is 2. The zero-order valence-corrected chi connectivity index (χ0v) is 14.0. The number of piperidine rings is 1. The Morgan fingerprint density at radius 1 is 1.24 bits per heavy atom. The van der Waals surface area contributed by atoms with Crippen molar-refractivity contribution in [1.29, 1.82) is 0 Å². The normalized spacial score (nSPS) is 17.1. The van der Waals surface area contributed by atoms with Crippen molar-refractivity contribution in [3.8, 4) is 0 Å². The highest BCUT2D eigenvalue weighted by atomic mass is 16.2. The van der Waals surface area contributed by atoms with Crippen molar-refractivity contribution < 1.29 is 9.59 Å². The highest BCUT2D eigenvalue weighted by Crippen LogP contribution is 2.23. The van der Waals surface area contributed by atoms with E-state index in [2.05, 4.69) is 15.2 Å². The first-order chi connectivity index (χ1) is 12.1. The fourth-order valence-corrected chi connectivity index (χ4v) is 3.05. The summed E-state index contributed by atoms with van der Waals surface area (Å²) in [6.07, 6.45) is 5.02. The van der Waals surface area contributed by atoms with Gasteiger partial charge in [-0.1, -0.05) is 12.1 Å². The van der Waals surface area contributed by atoms with Gasteiger partial charge in [-0.15, -0.1) is 0 Å². The molecule has 6 nitrogen and oxygen atoms in total. The van der Waals surface area contributed by atoms with Crippen LogP contribution in [0.25, 0.3) is 0 Å². The Hall–Kier alpha value is -2.89. The fourth-order valence-electron chi connectivity index (χ4n) is 3.05. The smallest absolute Gasteiger partial charge is 0.253 e. The van der Waals surface area contributed by atoms with Crippen molar-refractivity contribution in [2.75, 3.05) is 18.0 Å². The van der Waals surface area contributed by atoms with Gasteiger partial charge in [0.05, 0.1) is 11.5 Å². The molecule has 1 fully saturated rings. The van der Waals surface area contributed by atoms with E-state index < -0.39 is 0 Å². The van der Waals surface area contributed by atoms with Crippen molar-refractivity contribution in [3.05, 3.63) is 59.9 Å². The number of aromatic nitrogens is 1. The predicted molar refractivity (Wildman–Crippen MR) is 96.0 cm³/mol. The molecule has 2 amide bonds. The average Bonchev–Trinajstić information content (AvgIpc) is 2.67. The molecule has 1 aliphatic heterocycles. The van der Waals surface area contributed by atoms with Crippen molar-refractivity contribution in [2.24, 2.45) is 11.7 Å². The minimum absolute atomic E-state index is 0.0767. The summed E-state index contributed by atoms with van der Waals surface area (Å²) in [6, 6.07) is 11.5. The Labute approximate surface area is 147 Å². The summed E-state index contributed by atoms with van der Waals surface area (Å²) < 4.78 is 0. The third kappa shape index (κ3) is 4.35. The highest BCUT2D eigenvalue weighted by Gasteiger charge is 2.23. The standard InChI is InChI=1S/C19H22N4O2/c20-18(24)16-4-2-10-23(13-16)17-7-5-14(6-8-17)11-22-19(25)15-3-1-9-21-12-15/h1,3,5-9,12,16H,2,4,10-11,13H2,(H2,20,24)(H,22,25)/t16-/m1/s1. The van der Waals surface area contributed by atoms with Gasteiger partial charge in [-0.3, -0.25) is 14.6 Å². The molecule has 1 aromatic carbocycles. The number of hydrogen-bond donors (Lipinski definition) is 2. The number of pyridine rings is 1. The molecule has 1 atom stereocenters. The van der Waals surface area contributed by atoms with Crippen molar-refractivity contribution in [3.63, 3.8) is 0 Å². The van der Waals surface area contributed by atoms with Gasteiger partial charge in [0.25, 0.3) is 5.91 Å². The summed E-state index contributed by atoms with van der Waals surface area (Å²) in [5.74, 6) is -0.441. The van der Waals surface area contributed by atoms with Gasteiger partial charge in [-0.25, -0.2) is 0 Å². The van der Waals surface area contributed by atoms with Crippen LogP contribution in [0.15, 0.2) is 48.8 Å². The lowest BCUT2D eigenvalue weighted by Crippen LogP contribution is -2.41. The molecule has 0 unspecified atom stereocenters. The van der Waals surface area contributed by atoms with Crippen LogP contribution in [0.5, 0.6) is 0 Å². The van der Waals surface area contributed by atoms with Gasteiger partial charge in [-0.2, -0.15) is 0 Å². The van der Waals surface area contributed by atoms with Gasteiger partial charge in [0, 0.05) is 37.7 Å². The first-order valence-corrected chi connectivity index (χ1v) is 8.45. The zero-order chi connectivity index (χ0) is 17.6. The van der Waals surface area contributed by atoms with Gasteiger partial charge >= 0.3 is 0 Å². The van der Waals surface area contributed by atoms with Gasteiger partial charge in [0.1, 0.15) is 0 Å². The van der Waals surface area contributed by atoms with Gasteiger partial charge in [-0.05, 0) is 42.7 Å². The van der Waals surface area contributed by atoms with Crippen LogP contribution in [-0.4, -0.2) is 29.9 Å². The number of rotatable bonds is 5. The van der Waals surface area contributed by atoms with Gasteiger partial charge in [0.15, 0.2) is 0 Å². The van der Waals surface area contributed by atoms with Crippen molar-refractivity contribution in [2.45, 2.75) is 19.4 Å². The molecular formula is C19H22N4O2. The lowest BCUT2D eigenvalue weighted by atomic mass is 9.97. The molecule has 130 valence electrons. The SMILES string of the molecule is NC(=O)[C@@H]1CCCN(c2ccc(CNC(=O)c3cccnc3)cc2)C1. The Balaban J connectivity index is 1.57. The summed E-state index contributed by atoms with van der Waals surface area (Å²) in [7, 11) is 0. The largest absolute Gasteiger partial charge is 0.371 e. The van der Waals surface area contributed by atoms with Crippen LogP contribution >= 0.6 is 0 Å².